The van der Waals surface area contributed by atoms with Crippen LogP contribution in [0.15, 0.2) is 18.2 Å². The summed E-state index contributed by atoms with van der Waals surface area (Å²) in [5.41, 5.74) is 2.04. The van der Waals surface area contributed by atoms with Crippen molar-refractivity contribution in [2.75, 3.05) is 7.11 Å². The molecule has 0 spiro atoms. The van der Waals surface area contributed by atoms with Crippen molar-refractivity contribution in [1.82, 2.24) is 0 Å². The molecule has 1 aromatic carbocycles. The molecule has 1 rings (SSSR count). The summed E-state index contributed by atoms with van der Waals surface area (Å²) in [5.74, 6) is 0.845. The summed E-state index contributed by atoms with van der Waals surface area (Å²) in [6.45, 7) is 4.06. The van der Waals surface area contributed by atoms with Gasteiger partial charge in [0.1, 0.15) is 5.75 Å². The summed E-state index contributed by atoms with van der Waals surface area (Å²) in [6, 6.07) is 5.85. The third-order valence-electron chi connectivity index (χ3n) is 2.38. The van der Waals surface area contributed by atoms with E-state index in [0.717, 1.165) is 29.7 Å². The standard InChI is InChI=1S/C12H18O2/c1-4-5-11(13)10-7-6-9(2)12(8-10)14-3/h6-8,11,13H,4-5H2,1-3H3. The average molecular weight is 194 g/mol. The number of hydrogen-bond donors (Lipinski definition) is 1. The molecule has 1 N–H and O–H groups in total. The van der Waals surface area contributed by atoms with E-state index < -0.39 is 0 Å². The first kappa shape index (κ1) is 11.1. The second kappa shape index (κ2) is 5.01. The van der Waals surface area contributed by atoms with Gasteiger partial charge >= 0.3 is 0 Å². The Labute approximate surface area is 85.5 Å². The molecule has 0 aromatic heterocycles. The van der Waals surface area contributed by atoms with Crippen LogP contribution in [0.25, 0.3) is 0 Å². The number of benzene rings is 1. The lowest BCUT2D eigenvalue weighted by molar-refractivity contribution is 0.166. The summed E-state index contributed by atoms with van der Waals surface area (Å²) in [5, 5.41) is 9.78. The number of hydrogen-bond acceptors (Lipinski definition) is 2. The maximum Gasteiger partial charge on any atom is 0.122 e. The van der Waals surface area contributed by atoms with Crippen LogP contribution >= 0.6 is 0 Å². The number of aliphatic hydroxyl groups excluding tert-OH is 1. The molecule has 0 aliphatic carbocycles. The summed E-state index contributed by atoms with van der Waals surface area (Å²) >= 11 is 0. The monoisotopic (exact) mass is 194 g/mol. The molecule has 0 aliphatic heterocycles. The first-order chi connectivity index (χ1) is 6.69. The van der Waals surface area contributed by atoms with E-state index in [2.05, 4.69) is 6.92 Å². The molecular formula is C12H18O2. The highest BCUT2D eigenvalue weighted by molar-refractivity contribution is 5.37. The Hall–Kier alpha value is -1.02. The number of aliphatic hydroxyl groups is 1. The first-order valence-corrected chi connectivity index (χ1v) is 5.01. The van der Waals surface area contributed by atoms with Crippen molar-refractivity contribution < 1.29 is 9.84 Å². The van der Waals surface area contributed by atoms with Gasteiger partial charge in [0, 0.05) is 0 Å². The van der Waals surface area contributed by atoms with Gasteiger partial charge in [-0.25, -0.2) is 0 Å². The smallest absolute Gasteiger partial charge is 0.122 e. The molecule has 0 fully saturated rings. The largest absolute Gasteiger partial charge is 0.496 e. The van der Waals surface area contributed by atoms with Crippen molar-refractivity contribution in [2.24, 2.45) is 0 Å². The summed E-state index contributed by atoms with van der Waals surface area (Å²) in [6.07, 6.45) is 1.42. The minimum absolute atomic E-state index is 0.366. The number of rotatable bonds is 4. The van der Waals surface area contributed by atoms with Crippen LogP contribution in [-0.2, 0) is 0 Å². The lowest BCUT2D eigenvalue weighted by atomic mass is 10.0. The SMILES string of the molecule is CCCC(O)c1ccc(C)c(OC)c1. The van der Waals surface area contributed by atoms with Crippen molar-refractivity contribution in [2.45, 2.75) is 32.8 Å². The van der Waals surface area contributed by atoms with Crippen LogP contribution in [0.3, 0.4) is 0 Å². The third-order valence-corrected chi connectivity index (χ3v) is 2.38. The Balaban J connectivity index is 2.88. The van der Waals surface area contributed by atoms with Crippen LogP contribution < -0.4 is 4.74 Å². The molecule has 0 saturated heterocycles. The lowest BCUT2D eigenvalue weighted by Gasteiger charge is -2.12. The quantitative estimate of drug-likeness (QED) is 0.798. The van der Waals surface area contributed by atoms with Gasteiger partial charge in [-0.3, -0.25) is 0 Å². The number of ether oxygens (including phenoxy) is 1. The van der Waals surface area contributed by atoms with E-state index in [1.165, 1.54) is 0 Å². The van der Waals surface area contributed by atoms with Crippen LogP contribution in [0.1, 0.15) is 37.0 Å². The van der Waals surface area contributed by atoms with E-state index in [4.69, 9.17) is 4.74 Å². The fraction of sp³-hybridized carbons (Fsp3) is 0.500. The van der Waals surface area contributed by atoms with E-state index in [1.54, 1.807) is 7.11 Å². The zero-order valence-corrected chi connectivity index (χ0v) is 9.08. The molecule has 78 valence electrons. The highest BCUT2D eigenvalue weighted by atomic mass is 16.5. The van der Waals surface area contributed by atoms with Crippen LogP contribution in [0, 0.1) is 6.92 Å². The molecule has 1 aromatic rings. The Bertz CT molecular complexity index is 294. The van der Waals surface area contributed by atoms with Gasteiger partial charge in [-0.05, 0) is 30.5 Å². The molecule has 0 radical (unpaired) electrons. The predicted molar refractivity (Wildman–Crippen MR) is 57.6 cm³/mol. The molecule has 0 bridgehead atoms. The molecule has 0 aliphatic rings. The van der Waals surface area contributed by atoms with Crippen molar-refractivity contribution in [1.29, 1.82) is 0 Å². The van der Waals surface area contributed by atoms with E-state index >= 15 is 0 Å². The predicted octanol–water partition coefficient (Wildman–Crippen LogP) is 2.84. The fourth-order valence-corrected chi connectivity index (χ4v) is 1.48. The molecule has 0 heterocycles. The normalized spacial score (nSPS) is 12.6. The number of aryl methyl sites for hydroxylation is 1. The van der Waals surface area contributed by atoms with Gasteiger partial charge in [-0.2, -0.15) is 0 Å². The molecule has 0 saturated carbocycles. The van der Waals surface area contributed by atoms with Crippen LogP contribution in [0.5, 0.6) is 5.75 Å². The van der Waals surface area contributed by atoms with E-state index in [-0.39, 0.29) is 6.10 Å². The maximum absolute atomic E-state index is 9.78. The molecule has 14 heavy (non-hydrogen) atoms. The van der Waals surface area contributed by atoms with Gasteiger partial charge in [0.05, 0.1) is 13.2 Å². The molecule has 2 nitrogen and oxygen atoms in total. The van der Waals surface area contributed by atoms with Gasteiger partial charge in [0.15, 0.2) is 0 Å². The van der Waals surface area contributed by atoms with Crippen molar-refractivity contribution in [3.8, 4) is 5.75 Å². The highest BCUT2D eigenvalue weighted by Gasteiger charge is 2.08. The molecular weight excluding hydrogens is 176 g/mol. The fourth-order valence-electron chi connectivity index (χ4n) is 1.48. The topological polar surface area (TPSA) is 29.5 Å². The maximum atomic E-state index is 9.78. The van der Waals surface area contributed by atoms with Gasteiger partial charge in [-0.1, -0.05) is 25.5 Å². The molecule has 0 amide bonds. The van der Waals surface area contributed by atoms with Crippen LogP contribution in [0.4, 0.5) is 0 Å². The minimum Gasteiger partial charge on any atom is -0.496 e. The second-order valence-electron chi connectivity index (χ2n) is 3.53. The van der Waals surface area contributed by atoms with Gasteiger partial charge < -0.3 is 9.84 Å². The van der Waals surface area contributed by atoms with Crippen LogP contribution in [-0.4, -0.2) is 12.2 Å². The second-order valence-corrected chi connectivity index (χ2v) is 3.53. The van der Waals surface area contributed by atoms with E-state index in [1.807, 2.05) is 25.1 Å². The van der Waals surface area contributed by atoms with Crippen molar-refractivity contribution >= 4 is 0 Å². The van der Waals surface area contributed by atoms with Gasteiger partial charge in [-0.15, -0.1) is 0 Å². The Morgan fingerprint density at radius 1 is 1.43 bits per heavy atom. The molecule has 2 heteroatoms. The Kier molecular flexibility index (Phi) is 3.96. The molecule has 1 atom stereocenters. The first-order valence-electron chi connectivity index (χ1n) is 5.01. The minimum atomic E-state index is -0.366. The van der Waals surface area contributed by atoms with Gasteiger partial charge in [0.2, 0.25) is 0 Å². The van der Waals surface area contributed by atoms with E-state index in [0.29, 0.717) is 0 Å². The molecule has 1 unspecified atom stereocenters. The van der Waals surface area contributed by atoms with Crippen molar-refractivity contribution in [3.63, 3.8) is 0 Å². The summed E-state index contributed by atoms with van der Waals surface area (Å²) in [7, 11) is 1.65. The third kappa shape index (κ3) is 2.48. The Morgan fingerprint density at radius 3 is 2.71 bits per heavy atom. The highest BCUT2D eigenvalue weighted by Crippen LogP contribution is 2.25. The van der Waals surface area contributed by atoms with Gasteiger partial charge in [0.25, 0.3) is 0 Å². The van der Waals surface area contributed by atoms with E-state index in [9.17, 15) is 5.11 Å². The van der Waals surface area contributed by atoms with Crippen molar-refractivity contribution in [3.05, 3.63) is 29.3 Å². The summed E-state index contributed by atoms with van der Waals surface area (Å²) in [4.78, 5) is 0. The van der Waals surface area contributed by atoms with Crippen LogP contribution in [0.2, 0.25) is 0 Å². The number of methoxy groups -OCH3 is 1. The zero-order chi connectivity index (χ0) is 10.6. The Morgan fingerprint density at radius 2 is 2.14 bits per heavy atom. The lowest BCUT2D eigenvalue weighted by Crippen LogP contribution is -1.98. The summed E-state index contributed by atoms with van der Waals surface area (Å²) < 4.78 is 5.20. The average Bonchev–Trinajstić information content (AvgIpc) is 2.19. The zero-order valence-electron chi connectivity index (χ0n) is 9.08.